The summed E-state index contributed by atoms with van der Waals surface area (Å²) in [5.74, 6) is -1.02. The molecular formula is C26H19ClN2O5S. The Balaban J connectivity index is 1.78. The molecule has 0 unspecified atom stereocenters. The zero-order chi connectivity index (χ0) is 24.7. The molecule has 1 aliphatic heterocycles. The number of aliphatic hydroxyl groups is 1. The highest BCUT2D eigenvalue weighted by atomic mass is 35.5. The number of methoxy groups -OCH3 is 2. The van der Waals surface area contributed by atoms with Gasteiger partial charge in [-0.05, 0) is 54.6 Å². The van der Waals surface area contributed by atoms with Crippen LogP contribution in [0.4, 0.5) is 5.13 Å². The second-order valence-corrected chi connectivity index (χ2v) is 9.19. The van der Waals surface area contributed by atoms with E-state index in [4.69, 9.17) is 21.1 Å². The number of ether oxygens (including phenoxy) is 2. The minimum Gasteiger partial charge on any atom is -0.507 e. The maximum atomic E-state index is 13.4. The van der Waals surface area contributed by atoms with Crippen LogP contribution in [0, 0.1) is 0 Å². The highest BCUT2D eigenvalue weighted by Gasteiger charge is 2.49. The van der Waals surface area contributed by atoms with Crippen molar-refractivity contribution in [1.82, 2.24) is 4.98 Å². The molecule has 5 rings (SSSR count). The van der Waals surface area contributed by atoms with Gasteiger partial charge in [-0.15, -0.1) is 0 Å². The van der Waals surface area contributed by atoms with E-state index < -0.39 is 17.7 Å². The molecule has 0 spiro atoms. The number of para-hydroxylation sites is 1. The lowest BCUT2D eigenvalue weighted by Crippen LogP contribution is -2.29. The van der Waals surface area contributed by atoms with Gasteiger partial charge in [-0.3, -0.25) is 14.5 Å². The molecule has 1 atom stereocenters. The molecule has 0 radical (unpaired) electrons. The van der Waals surface area contributed by atoms with E-state index in [1.807, 2.05) is 24.3 Å². The number of nitrogens with zero attached hydrogens (tertiary/aromatic N) is 2. The molecule has 9 heteroatoms. The third-order valence-electron chi connectivity index (χ3n) is 5.78. The smallest absolute Gasteiger partial charge is 0.301 e. The second kappa shape index (κ2) is 9.05. The number of carbonyl (C=O) groups excluding carboxylic acids is 2. The number of thiazole rings is 1. The molecule has 1 aromatic heterocycles. The van der Waals surface area contributed by atoms with Crippen molar-refractivity contribution in [2.24, 2.45) is 0 Å². The van der Waals surface area contributed by atoms with Crippen LogP contribution in [-0.2, 0) is 9.59 Å². The van der Waals surface area contributed by atoms with Crippen LogP contribution < -0.4 is 14.4 Å². The number of rotatable bonds is 5. The average Bonchev–Trinajstić information content (AvgIpc) is 3.42. The van der Waals surface area contributed by atoms with Gasteiger partial charge < -0.3 is 14.6 Å². The first-order valence-corrected chi connectivity index (χ1v) is 11.8. The van der Waals surface area contributed by atoms with Gasteiger partial charge in [0.1, 0.15) is 23.3 Å². The van der Waals surface area contributed by atoms with Gasteiger partial charge in [0.25, 0.3) is 5.78 Å². The van der Waals surface area contributed by atoms with Gasteiger partial charge >= 0.3 is 5.91 Å². The number of amides is 1. The molecule has 4 aromatic rings. The molecule has 2 heterocycles. The van der Waals surface area contributed by atoms with Gasteiger partial charge in [0.05, 0.1) is 30.0 Å². The monoisotopic (exact) mass is 506 g/mol. The predicted octanol–water partition coefficient (Wildman–Crippen LogP) is 5.59. The Morgan fingerprint density at radius 1 is 1.03 bits per heavy atom. The Hall–Kier alpha value is -3.88. The average molecular weight is 507 g/mol. The van der Waals surface area contributed by atoms with Crippen LogP contribution in [-0.4, -0.2) is 36.0 Å². The van der Waals surface area contributed by atoms with Crippen molar-refractivity contribution in [3.63, 3.8) is 0 Å². The summed E-state index contributed by atoms with van der Waals surface area (Å²) in [5, 5.41) is 12.1. The molecule has 3 aromatic carbocycles. The highest BCUT2D eigenvalue weighted by molar-refractivity contribution is 7.22. The minimum absolute atomic E-state index is 0.0804. The van der Waals surface area contributed by atoms with E-state index in [9.17, 15) is 14.7 Å². The molecule has 1 saturated heterocycles. The maximum Gasteiger partial charge on any atom is 0.301 e. The van der Waals surface area contributed by atoms with Crippen molar-refractivity contribution < 1.29 is 24.2 Å². The van der Waals surface area contributed by atoms with E-state index >= 15 is 0 Å². The van der Waals surface area contributed by atoms with Crippen LogP contribution in [0.5, 0.6) is 11.5 Å². The summed E-state index contributed by atoms with van der Waals surface area (Å²) in [6.45, 7) is 0. The molecule has 0 saturated carbocycles. The third-order valence-corrected chi connectivity index (χ3v) is 7.07. The van der Waals surface area contributed by atoms with E-state index in [0.717, 1.165) is 4.70 Å². The van der Waals surface area contributed by atoms with Gasteiger partial charge in [0, 0.05) is 16.1 Å². The van der Waals surface area contributed by atoms with Crippen molar-refractivity contribution >= 4 is 55.7 Å². The zero-order valence-corrected chi connectivity index (χ0v) is 20.3. The summed E-state index contributed by atoms with van der Waals surface area (Å²) < 4.78 is 11.8. The van der Waals surface area contributed by atoms with Crippen molar-refractivity contribution in [2.45, 2.75) is 6.04 Å². The third kappa shape index (κ3) is 3.90. The standard InChI is InChI=1S/C26H19ClN2O5S/c1-33-16-11-12-19(34-2)17(13-16)22-21(23(30)14-7-9-15(27)10-8-14)24(31)25(32)29(22)26-28-18-5-3-4-6-20(18)35-26/h3-13,22,30H,1-2H3/t22-/m1/s1. The Bertz CT molecular complexity index is 1460. The number of benzene rings is 3. The summed E-state index contributed by atoms with van der Waals surface area (Å²) in [4.78, 5) is 32.7. The van der Waals surface area contributed by atoms with Crippen LogP contribution in [0.25, 0.3) is 16.0 Å². The number of carbonyl (C=O) groups is 2. The number of hydrogen-bond acceptors (Lipinski definition) is 7. The molecule has 7 nitrogen and oxygen atoms in total. The molecule has 1 amide bonds. The van der Waals surface area contributed by atoms with Crippen molar-refractivity contribution in [3.05, 3.63) is 88.5 Å². The first-order chi connectivity index (χ1) is 16.9. The molecule has 1 aliphatic rings. The summed E-state index contributed by atoms with van der Waals surface area (Å²) in [6.07, 6.45) is 0. The fourth-order valence-electron chi connectivity index (χ4n) is 4.10. The minimum atomic E-state index is -1.00. The van der Waals surface area contributed by atoms with Crippen molar-refractivity contribution in [3.8, 4) is 11.5 Å². The number of aromatic nitrogens is 1. The zero-order valence-electron chi connectivity index (χ0n) is 18.7. The van der Waals surface area contributed by atoms with Gasteiger partial charge in [-0.25, -0.2) is 4.98 Å². The van der Waals surface area contributed by atoms with Gasteiger partial charge in [-0.1, -0.05) is 35.1 Å². The molecular weight excluding hydrogens is 488 g/mol. The fourth-order valence-corrected chi connectivity index (χ4v) is 5.22. The summed E-state index contributed by atoms with van der Waals surface area (Å²) in [7, 11) is 3.01. The van der Waals surface area contributed by atoms with Crippen LogP contribution in [0.1, 0.15) is 17.2 Å². The lowest BCUT2D eigenvalue weighted by Gasteiger charge is -2.25. The molecule has 0 aliphatic carbocycles. The first kappa shape index (κ1) is 22.9. The molecule has 1 fully saturated rings. The van der Waals surface area contributed by atoms with E-state index in [0.29, 0.717) is 38.3 Å². The summed E-state index contributed by atoms with van der Waals surface area (Å²) in [5.41, 5.74) is 1.44. The highest BCUT2D eigenvalue weighted by Crippen LogP contribution is 2.47. The Morgan fingerprint density at radius 2 is 1.77 bits per heavy atom. The van der Waals surface area contributed by atoms with Crippen LogP contribution in [0.3, 0.4) is 0 Å². The Morgan fingerprint density at radius 3 is 2.46 bits per heavy atom. The number of fused-ring (bicyclic) bond motifs is 1. The lowest BCUT2D eigenvalue weighted by molar-refractivity contribution is -0.132. The predicted molar refractivity (Wildman–Crippen MR) is 135 cm³/mol. The first-order valence-electron chi connectivity index (χ1n) is 10.6. The quantitative estimate of drug-likeness (QED) is 0.215. The van der Waals surface area contributed by atoms with Gasteiger partial charge in [0.15, 0.2) is 5.13 Å². The van der Waals surface area contributed by atoms with Crippen LogP contribution in [0.2, 0.25) is 5.02 Å². The molecule has 1 N–H and O–H groups in total. The Labute approximate surface area is 209 Å². The van der Waals surface area contributed by atoms with E-state index in [-0.39, 0.29) is 11.3 Å². The van der Waals surface area contributed by atoms with Gasteiger partial charge in [-0.2, -0.15) is 0 Å². The topological polar surface area (TPSA) is 89.0 Å². The largest absolute Gasteiger partial charge is 0.507 e. The number of halogens is 1. The number of hydrogen-bond donors (Lipinski definition) is 1. The molecule has 176 valence electrons. The lowest BCUT2D eigenvalue weighted by atomic mass is 9.94. The van der Waals surface area contributed by atoms with E-state index in [1.165, 1.54) is 30.5 Å². The SMILES string of the molecule is COc1ccc(OC)c([C@@H]2C(=C(O)c3ccc(Cl)cc3)C(=O)C(=O)N2c2nc3ccccc3s2)c1. The van der Waals surface area contributed by atoms with E-state index in [2.05, 4.69) is 4.98 Å². The molecule has 35 heavy (non-hydrogen) atoms. The van der Waals surface area contributed by atoms with Gasteiger partial charge in [0.2, 0.25) is 0 Å². The number of ketones is 1. The number of aliphatic hydroxyl groups excluding tert-OH is 1. The Kier molecular flexibility index (Phi) is 5.92. The maximum absolute atomic E-state index is 13.4. The van der Waals surface area contributed by atoms with Crippen molar-refractivity contribution in [2.75, 3.05) is 19.1 Å². The molecule has 0 bridgehead atoms. The van der Waals surface area contributed by atoms with Crippen molar-refractivity contribution in [1.29, 1.82) is 0 Å². The summed E-state index contributed by atoms with van der Waals surface area (Å²) in [6, 6.07) is 17.9. The second-order valence-electron chi connectivity index (χ2n) is 7.75. The van der Waals surface area contributed by atoms with Crippen LogP contribution >= 0.6 is 22.9 Å². The fraction of sp³-hybridized carbons (Fsp3) is 0.115. The summed E-state index contributed by atoms with van der Waals surface area (Å²) >= 11 is 7.28. The van der Waals surface area contributed by atoms with Crippen LogP contribution in [0.15, 0.2) is 72.3 Å². The normalized spacial score (nSPS) is 17.2. The number of Topliss-reactive ketones (excluding diaryl/α,β-unsaturated/α-hetero) is 1. The number of anilines is 1. The van der Waals surface area contributed by atoms with E-state index in [1.54, 1.807) is 42.5 Å².